The first-order chi connectivity index (χ1) is 7.66. The van der Waals surface area contributed by atoms with Crippen LogP contribution >= 0.6 is 54.5 Å². The predicted molar refractivity (Wildman–Crippen MR) is 84.1 cm³/mol. The lowest BCUT2D eigenvalue weighted by Gasteiger charge is -2.10. The fourth-order valence-electron chi connectivity index (χ4n) is 1.46. The molecule has 0 heterocycles. The van der Waals surface area contributed by atoms with Crippen LogP contribution in [0.5, 0.6) is 0 Å². The van der Waals surface area contributed by atoms with Crippen molar-refractivity contribution in [3.8, 4) is 0 Å². The molecular weight excluding hydrogens is 443 g/mol. The Morgan fingerprint density at radius 2 is 1.25 bits per heavy atom. The fraction of sp³-hybridized carbons (Fsp3) is 0.0769. The Morgan fingerprint density at radius 1 is 0.812 bits per heavy atom. The molecular formula is C13H9Br2I. The van der Waals surface area contributed by atoms with Gasteiger partial charge in [-0.3, -0.25) is 0 Å². The minimum absolute atomic E-state index is 0.262. The standard InChI is InChI=1S/C13H9Br2I/c14-11-5-1-9(2-6-11)13(15)10-3-7-12(16)8-4-10/h1-8,13H. The van der Waals surface area contributed by atoms with E-state index >= 15 is 0 Å². The van der Waals surface area contributed by atoms with E-state index in [4.69, 9.17) is 0 Å². The van der Waals surface area contributed by atoms with Crippen molar-refractivity contribution in [1.82, 2.24) is 0 Å². The molecule has 82 valence electrons. The summed E-state index contributed by atoms with van der Waals surface area (Å²) >= 11 is 9.49. The third kappa shape index (κ3) is 3.08. The molecule has 16 heavy (non-hydrogen) atoms. The quantitative estimate of drug-likeness (QED) is 0.415. The van der Waals surface area contributed by atoms with Crippen LogP contribution in [0.1, 0.15) is 16.0 Å². The number of halogens is 3. The summed E-state index contributed by atoms with van der Waals surface area (Å²) in [6.45, 7) is 0. The number of hydrogen-bond acceptors (Lipinski definition) is 0. The summed E-state index contributed by atoms with van der Waals surface area (Å²) in [4.78, 5) is 0.262. The van der Waals surface area contributed by atoms with Crippen LogP contribution in [0.25, 0.3) is 0 Å². The minimum atomic E-state index is 0.262. The number of alkyl halides is 1. The molecule has 2 rings (SSSR count). The number of hydrogen-bond donors (Lipinski definition) is 0. The van der Waals surface area contributed by atoms with Crippen LogP contribution < -0.4 is 0 Å². The fourth-order valence-corrected chi connectivity index (χ4v) is 2.69. The van der Waals surface area contributed by atoms with Crippen molar-refractivity contribution >= 4 is 54.5 Å². The summed E-state index contributed by atoms with van der Waals surface area (Å²) in [5.41, 5.74) is 2.55. The SMILES string of the molecule is Brc1ccc(C(Br)c2ccc(I)cc2)cc1. The van der Waals surface area contributed by atoms with Crippen LogP contribution in [0.3, 0.4) is 0 Å². The highest BCUT2D eigenvalue weighted by Crippen LogP contribution is 2.31. The summed E-state index contributed by atoms with van der Waals surface area (Å²) in [7, 11) is 0. The van der Waals surface area contributed by atoms with Gasteiger partial charge < -0.3 is 0 Å². The van der Waals surface area contributed by atoms with E-state index < -0.39 is 0 Å². The Hall–Kier alpha value is 0.130. The van der Waals surface area contributed by atoms with E-state index in [0.29, 0.717) is 0 Å². The second-order valence-corrected chi connectivity index (χ2v) is 6.54. The van der Waals surface area contributed by atoms with Gasteiger partial charge in [0, 0.05) is 8.04 Å². The minimum Gasteiger partial charge on any atom is -0.0786 e. The van der Waals surface area contributed by atoms with E-state index in [2.05, 4.69) is 103 Å². The third-order valence-electron chi connectivity index (χ3n) is 2.33. The average molecular weight is 452 g/mol. The third-order valence-corrected chi connectivity index (χ3v) is 4.63. The molecule has 0 bridgehead atoms. The average Bonchev–Trinajstić information content (AvgIpc) is 2.30. The van der Waals surface area contributed by atoms with E-state index in [9.17, 15) is 0 Å². The summed E-state index contributed by atoms with van der Waals surface area (Å²) in [6.07, 6.45) is 0. The molecule has 0 aromatic heterocycles. The highest BCUT2D eigenvalue weighted by molar-refractivity contribution is 14.1. The van der Waals surface area contributed by atoms with Crippen LogP contribution in [-0.4, -0.2) is 0 Å². The predicted octanol–water partition coefficient (Wildman–Crippen LogP) is 5.54. The molecule has 0 saturated heterocycles. The Bertz CT molecular complexity index is 417. The van der Waals surface area contributed by atoms with Gasteiger partial charge in [0.15, 0.2) is 0 Å². The smallest absolute Gasteiger partial charge is 0.0644 e. The van der Waals surface area contributed by atoms with Crippen molar-refractivity contribution in [2.24, 2.45) is 0 Å². The van der Waals surface area contributed by atoms with Gasteiger partial charge in [0.1, 0.15) is 0 Å². The Kier molecular flexibility index (Phi) is 4.44. The summed E-state index contributed by atoms with van der Waals surface area (Å²) < 4.78 is 2.37. The molecule has 0 aliphatic rings. The lowest BCUT2D eigenvalue weighted by molar-refractivity contribution is 1.17. The molecule has 0 aliphatic heterocycles. The summed E-state index contributed by atoms with van der Waals surface area (Å²) in [6, 6.07) is 17.0. The largest absolute Gasteiger partial charge is 0.0786 e. The van der Waals surface area contributed by atoms with Crippen LogP contribution in [0.4, 0.5) is 0 Å². The zero-order valence-corrected chi connectivity index (χ0v) is 13.7. The van der Waals surface area contributed by atoms with Crippen LogP contribution in [0, 0.1) is 3.57 Å². The molecule has 0 nitrogen and oxygen atoms in total. The van der Waals surface area contributed by atoms with Crippen molar-refractivity contribution in [3.05, 3.63) is 67.7 Å². The lowest BCUT2D eigenvalue weighted by Crippen LogP contribution is -1.92. The first-order valence-corrected chi connectivity index (χ1v) is 7.60. The van der Waals surface area contributed by atoms with E-state index in [1.54, 1.807) is 0 Å². The van der Waals surface area contributed by atoms with Gasteiger partial charge in [0.25, 0.3) is 0 Å². The zero-order chi connectivity index (χ0) is 11.5. The molecule has 0 amide bonds. The van der Waals surface area contributed by atoms with Gasteiger partial charge in [-0.15, -0.1) is 0 Å². The van der Waals surface area contributed by atoms with Crippen molar-refractivity contribution in [2.45, 2.75) is 4.83 Å². The van der Waals surface area contributed by atoms with Gasteiger partial charge in [0.2, 0.25) is 0 Å². The van der Waals surface area contributed by atoms with Gasteiger partial charge in [-0.25, -0.2) is 0 Å². The maximum absolute atomic E-state index is 3.73. The molecule has 1 unspecified atom stereocenters. The van der Waals surface area contributed by atoms with Gasteiger partial charge in [0.05, 0.1) is 4.83 Å². The Labute approximate surface area is 126 Å². The molecule has 2 aromatic rings. The zero-order valence-electron chi connectivity index (χ0n) is 8.33. The van der Waals surface area contributed by atoms with E-state index in [1.807, 2.05) is 0 Å². The molecule has 0 spiro atoms. The van der Waals surface area contributed by atoms with Crippen LogP contribution in [0.15, 0.2) is 53.0 Å². The van der Waals surface area contributed by atoms with Gasteiger partial charge in [-0.2, -0.15) is 0 Å². The highest BCUT2D eigenvalue weighted by Gasteiger charge is 2.09. The van der Waals surface area contributed by atoms with Crippen molar-refractivity contribution in [1.29, 1.82) is 0 Å². The first kappa shape index (κ1) is 12.6. The maximum Gasteiger partial charge on any atom is 0.0644 e. The Morgan fingerprint density at radius 3 is 1.75 bits per heavy atom. The first-order valence-electron chi connectivity index (χ1n) is 4.82. The van der Waals surface area contributed by atoms with Crippen LogP contribution in [0.2, 0.25) is 0 Å². The molecule has 0 aliphatic carbocycles. The number of benzene rings is 2. The molecule has 0 saturated carbocycles. The monoisotopic (exact) mass is 450 g/mol. The Balaban J connectivity index is 2.28. The highest BCUT2D eigenvalue weighted by atomic mass is 127. The molecule has 0 fully saturated rings. The lowest BCUT2D eigenvalue weighted by atomic mass is 10.1. The summed E-state index contributed by atoms with van der Waals surface area (Å²) in [5, 5.41) is 0. The van der Waals surface area contributed by atoms with Crippen molar-refractivity contribution < 1.29 is 0 Å². The van der Waals surface area contributed by atoms with Gasteiger partial charge in [-0.1, -0.05) is 56.1 Å². The maximum atomic E-state index is 3.73. The summed E-state index contributed by atoms with van der Waals surface area (Å²) in [5.74, 6) is 0. The van der Waals surface area contributed by atoms with Gasteiger partial charge in [-0.05, 0) is 58.0 Å². The molecule has 0 N–H and O–H groups in total. The van der Waals surface area contributed by atoms with E-state index in [-0.39, 0.29) is 4.83 Å². The van der Waals surface area contributed by atoms with Crippen molar-refractivity contribution in [3.63, 3.8) is 0 Å². The molecule has 1 atom stereocenters. The second-order valence-electron chi connectivity index (χ2n) is 3.47. The van der Waals surface area contributed by atoms with Crippen molar-refractivity contribution in [2.75, 3.05) is 0 Å². The number of rotatable bonds is 2. The van der Waals surface area contributed by atoms with Gasteiger partial charge >= 0.3 is 0 Å². The van der Waals surface area contributed by atoms with Crippen LogP contribution in [-0.2, 0) is 0 Å². The topological polar surface area (TPSA) is 0 Å². The molecule has 0 radical (unpaired) electrons. The van der Waals surface area contributed by atoms with E-state index in [1.165, 1.54) is 14.7 Å². The van der Waals surface area contributed by atoms with E-state index in [0.717, 1.165) is 4.47 Å². The molecule has 2 aromatic carbocycles. The molecule has 3 heteroatoms. The second kappa shape index (κ2) is 5.65. The normalized spacial score (nSPS) is 12.4.